The minimum atomic E-state index is -0.618. The highest BCUT2D eigenvalue weighted by Crippen LogP contribution is 2.13. The second-order valence-corrected chi connectivity index (χ2v) is 7.59. The number of carbonyl (C=O) groups excluding carboxylic acids is 1. The van der Waals surface area contributed by atoms with Crippen LogP contribution in [0.4, 0.5) is 4.39 Å². The van der Waals surface area contributed by atoms with Gasteiger partial charge in [-0.05, 0) is 47.5 Å². The van der Waals surface area contributed by atoms with E-state index >= 15 is 0 Å². The number of carbonyl (C=O) groups is 1. The van der Waals surface area contributed by atoms with Crippen LogP contribution >= 0.6 is 0 Å². The second-order valence-electron chi connectivity index (χ2n) is 7.59. The van der Waals surface area contributed by atoms with E-state index < -0.39 is 11.1 Å². The van der Waals surface area contributed by atoms with Crippen molar-refractivity contribution in [3.05, 3.63) is 129 Å². The first-order valence-electron chi connectivity index (χ1n) is 10.4. The number of para-hydroxylation sites is 2. The molecule has 0 saturated heterocycles. The molecule has 0 aliphatic rings. The van der Waals surface area contributed by atoms with Crippen molar-refractivity contribution in [3.63, 3.8) is 0 Å². The first-order chi connectivity index (χ1) is 16.0. The Labute approximate surface area is 189 Å². The molecule has 33 heavy (non-hydrogen) atoms. The molecular formula is C26H22FN3O3. The van der Waals surface area contributed by atoms with Crippen molar-refractivity contribution in [3.8, 4) is 0 Å². The number of amides is 1. The lowest BCUT2D eigenvalue weighted by atomic mass is 10.1. The molecule has 1 aromatic heterocycles. The summed E-state index contributed by atoms with van der Waals surface area (Å²) in [7, 11) is 0. The maximum absolute atomic E-state index is 13.3. The first kappa shape index (κ1) is 22.0. The topological polar surface area (TPSA) is 73.1 Å². The van der Waals surface area contributed by atoms with E-state index in [2.05, 4.69) is 11.9 Å². The zero-order chi connectivity index (χ0) is 23.4. The normalized spacial score (nSPS) is 10.8. The van der Waals surface area contributed by atoms with Crippen molar-refractivity contribution in [2.75, 3.05) is 0 Å². The van der Waals surface area contributed by atoms with Gasteiger partial charge in [0.2, 0.25) is 0 Å². The number of hydrogen-bond acceptors (Lipinski definition) is 3. The fourth-order valence-corrected chi connectivity index (χ4v) is 3.71. The summed E-state index contributed by atoms with van der Waals surface area (Å²) in [5, 5.41) is 2.76. The molecule has 4 aromatic rings. The monoisotopic (exact) mass is 443 g/mol. The Kier molecular flexibility index (Phi) is 6.31. The number of nitrogens with zero attached hydrogens (tertiary/aromatic N) is 2. The Morgan fingerprint density at radius 3 is 2.21 bits per heavy atom. The van der Waals surface area contributed by atoms with Crippen LogP contribution in [-0.2, 0) is 19.6 Å². The van der Waals surface area contributed by atoms with Crippen molar-refractivity contribution >= 4 is 16.9 Å². The van der Waals surface area contributed by atoms with Crippen LogP contribution in [0.25, 0.3) is 11.0 Å². The predicted octanol–water partition coefficient (Wildman–Crippen LogP) is 3.47. The molecule has 4 rings (SSSR count). The minimum absolute atomic E-state index is 0.189. The molecule has 0 radical (unpaired) electrons. The lowest BCUT2D eigenvalue weighted by Gasteiger charge is -2.14. The Morgan fingerprint density at radius 1 is 0.879 bits per heavy atom. The summed E-state index contributed by atoms with van der Waals surface area (Å²) < 4.78 is 16.1. The van der Waals surface area contributed by atoms with E-state index in [1.165, 1.54) is 21.3 Å². The number of hydrogen-bond donors (Lipinski definition) is 1. The molecule has 1 N–H and O–H groups in total. The van der Waals surface area contributed by atoms with E-state index in [4.69, 9.17) is 0 Å². The van der Waals surface area contributed by atoms with Gasteiger partial charge in [-0.25, -0.2) is 4.39 Å². The van der Waals surface area contributed by atoms with Gasteiger partial charge in [0.25, 0.3) is 5.91 Å². The first-order valence-corrected chi connectivity index (χ1v) is 10.4. The van der Waals surface area contributed by atoms with Crippen LogP contribution in [0, 0.1) is 5.82 Å². The van der Waals surface area contributed by atoms with Gasteiger partial charge in [-0.3, -0.25) is 23.5 Å². The number of rotatable bonds is 7. The average Bonchev–Trinajstić information content (AvgIpc) is 2.83. The Hall–Kier alpha value is -4.26. The SMILES string of the molecule is C=CCn1c(=O)c(=O)n(Cc2ccc(C(=O)NCc3cccc(F)c3)cc2)c2ccccc21. The third kappa shape index (κ3) is 4.67. The highest BCUT2D eigenvalue weighted by Gasteiger charge is 2.13. The number of fused-ring (bicyclic) bond motifs is 1. The third-order valence-corrected chi connectivity index (χ3v) is 5.35. The van der Waals surface area contributed by atoms with Gasteiger partial charge < -0.3 is 5.32 Å². The maximum atomic E-state index is 13.3. The van der Waals surface area contributed by atoms with Crippen molar-refractivity contribution < 1.29 is 9.18 Å². The van der Waals surface area contributed by atoms with E-state index in [0.29, 0.717) is 22.2 Å². The Balaban J connectivity index is 1.56. The number of aromatic nitrogens is 2. The molecule has 6 nitrogen and oxygen atoms in total. The zero-order valence-corrected chi connectivity index (χ0v) is 17.8. The maximum Gasteiger partial charge on any atom is 0.317 e. The summed E-state index contributed by atoms with van der Waals surface area (Å²) in [6.07, 6.45) is 1.58. The van der Waals surface area contributed by atoms with Crippen molar-refractivity contribution in [1.29, 1.82) is 0 Å². The predicted molar refractivity (Wildman–Crippen MR) is 126 cm³/mol. The summed E-state index contributed by atoms with van der Waals surface area (Å²) >= 11 is 0. The summed E-state index contributed by atoms with van der Waals surface area (Å²) in [5.41, 5.74) is 1.93. The molecule has 1 amide bonds. The van der Waals surface area contributed by atoms with Gasteiger partial charge >= 0.3 is 11.1 Å². The quantitative estimate of drug-likeness (QED) is 0.351. The molecule has 0 bridgehead atoms. The number of halogens is 1. The van der Waals surface area contributed by atoms with Crippen LogP contribution in [0.5, 0.6) is 0 Å². The lowest BCUT2D eigenvalue weighted by Crippen LogP contribution is -2.41. The summed E-state index contributed by atoms with van der Waals surface area (Å²) in [6, 6.07) is 20.1. The molecule has 0 saturated carbocycles. The number of benzene rings is 3. The van der Waals surface area contributed by atoms with E-state index in [1.807, 2.05) is 12.1 Å². The third-order valence-electron chi connectivity index (χ3n) is 5.35. The van der Waals surface area contributed by atoms with Gasteiger partial charge in [0.05, 0.1) is 17.6 Å². The molecule has 166 valence electrons. The summed E-state index contributed by atoms with van der Waals surface area (Å²) in [4.78, 5) is 37.9. The molecule has 0 aliphatic carbocycles. The van der Waals surface area contributed by atoms with Crippen LogP contribution < -0.4 is 16.4 Å². The fraction of sp³-hybridized carbons (Fsp3) is 0.115. The second kappa shape index (κ2) is 9.48. The highest BCUT2D eigenvalue weighted by atomic mass is 19.1. The van der Waals surface area contributed by atoms with Gasteiger partial charge in [0, 0.05) is 18.7 Å². The smallest absolute Gasteiger partial charge is 0.317 e. The minimum Gasteiger partial charge on any atom is -0.348 e. The summed E-state index contributed by atoms with van der Waals surface area (Å²) in [5.74, 6) is -0.647. The molecule has 0 atom stereocenters. The fourth-order valence-electron chi connectivity index (χ4n) is 3.71. The zero-order valence-electron chi connectivity index (χ0n) is 17.8. The molecular weight excluding hydrogens is 421 g/mol. The highest BCUT2D eigenvalue weighted by molar-refractivity contribution is 5.94. The van der Waals surface area contributed by atoms with Crippen LogP contribution in [0.2, 0.25) is 0 Å². The molecule has 7 heteroatoms. The Bertz CT molecular complexity index is 1450. The van der Waals surface area contributed by atoms with Gasteiger partial charge in [0.1, 0.15) is 5.82 Å². The van der Waals surface area contributed by atoms with E-state index in [1.54, 1.807) is 54.6 Å². The van der Waals surface area contributed by atoms with Gasteiger partial charge in [0.15, 0.2) is 0 Å². The molecule has 3 aromatic carbocycles. The molecule has 0 aliphatic heterocycles. The van der Waals surface area contributed by atoms with Crippen LogP contribution in [0.1, 0.15) is 21.5 Å². The average molecular weight is 443 g/mol. The van der Waals surface area contributed by atoms with Gasteiger partial charge in [-0.15, -0.1) is 6.58 Å². The lowest BCUT2D eigenvalue weighted by molar-refractivity contribution is 0.0951. The van der Waals surface area contributed by atoms with E-state index in [9.17, 15) is 18.8 Å². The summed E-state index contributed by atoms with van der Waals surface area (Å²) in [6.45, 7) is 4.31. The van der Waals surface area contributed by atoms with Crippen LogP contribution in [0.15, 0.2) is 95.0 Å². The Morgan fingerprint density at radius 2 is 1.55 bits per heavy atom. The number of allylic oxidation sites excluding steroid dienone is 1. The van der Waals surface area contributed by atoms with E-state index in [0.717, 1.165) is 5.56 Å². The van der Waals surface area contributed by atoms with Crippen molar-refractivity contribution in [2.45, 2.75) is 19.6 Å². The standard InChI is InChI=1S/C26H22FN3O3/c1-2-14-29-22-8-3-4-9-23(22)30(26(33)25(29)32)17-18-10-12-20(13-11-18)24(31)28-16-19-6-5-7-21(27)15-19/h2-13,15H,1,14,16-17H2,(H,28,31). The van der Waals surface area contributed by atoms with E-state index in [-0.39, 0.29) is 31.4 Å². The van der Waals surface area contributed by atoms with Crippen molar-refractivity contribution in [1.82, 2.24) is 14.5 Å². The van der Waals surface area contributed by atoms with Crippen molar-refractivity contribution in [2.24, 2.45) is 0 Å². The van der Waals surface area contributed by atoms with Crippen LogP contribution in [-0.4, -0.2) is 15.0 Å². The molecule has 0 fully saturated rings. The van der Waals surface area contributed by atoms with Gasteiger partial charge in [-0.2, -0.15) is 0 Å². The molecule has 0 spiro atoms. The van der Waals surface area contributed by atoms with Gasteiger partial charge in [-0.1, -0.05) is 42.5 Å². The molecule has 0 unspecified atom stereocenters. The molecule has 1 heterocycles. The number of nitrogens with one attached hydrogen (secondary N) is 1. The largest absolute Gasteiger partial charge is 0.348 e. The van der Waals surface area contributed by atoms with Crippen LogP contribution in [0.3, 0.4) is 0 Å².